The Kier molecular flexibility index (Phi) is 3.24. The van der Waals surface area contributed by atoms with Gasteiger partial charge >= 0.3 is 5.97 Å². The molecule has 0 spiro atoms. The lowest BCUT2D eigenvalue weighted by atomic mass is 9.76. The molecule has 4 heteroatoms. The van der Waals surface area contributed by atoms with Gasteiger partial charge in [0, 0.05) is 5.56 Å². The molecule has 0 aliphatic heterocycles. The largest absolute Gasteiger partial charge is 0.480 e. The van der Waals surface area contributed by atoms with E-state index < -0.39 is 11.5 Å². The summed E-state index contributed by atoms with van der Waals surface area (Å²) in [7, 11) is 0. The summed E-state index contributed by atoms with van der Waals surface area (Å²) in [5.74, 6) is -1.18. The zero-order valence-electron chi connectivity index (χ0n) is 11.4. The van der Waals surface area contributed by atoms with Gasteiger partial charge in [-0.25, -0.2) is 4.79 Å². The molecule has 4 nitrogen and oxygen atoms in total. The van der Waals surface area contributed by atoms with Crippen molar-refractivity contribution in [3.63, 3.8) is 0 Å². The third-order valence-electron chi connectivity index (χ3n) is 4.58. The quantitative estimate of drug-likeness (QED) is 0.888. The third-order valence-corrected chi connectivity index (χ3v) is 4.58. The fourth-order valence-electron chi connectivity index (χ4n) is 3.09. The number of hydrogen-bond donors (Lipinski definition) is 2. The molecular formula is C16H19NO3. The number of rotatable bonds is 3. The summed E-state index contributed by atoms with van der Waals surface area (Å²) >= 11 is 0. The van der Waals surface area contributed by atoms with Gasteiger partial charge in [0.15, 0.2) is 0 Å². The van der Waals surface area contributed by atoms with E-state index in [-0.39, 0.29) is 5.91 Å². The van der Waals surface area contributed by atoms with Crippen LogP contribution in [0.1, 0.15) is 53.6 Å². The van der Waals surface area contributed by atoms with Crippen molar-refractivity contribution >= 4 is 11.9 Å². The fourth-order valence-corrected chi connectivity index (χ4v) is 3.09. The Bertz CT molecular complexity index is 561. The highest BCUT2D eigenvalue weighted by atomic mass is 16.4. The van der Waals surface area contributed by atoms with Crippen molar-refractivity contribution in [1.29, 1.82) is 0 Å². The second-order valence-corrected chi connectivity index (χ2v) is 5.89. The van der Waals surface area contributed by atoms with E-state index in [1.54, 1.807) is 0 Å². The number of fused-ring (bicyclic) bond motifs is 1. The molecule has 2 aliphatic carbocycles. The second-order valence-electron chi connectivity index (χ2n) is 5.89. The molecule has 1 fully saturated rings. The van der Waals surface area contributed by atoms with Crippen molar-refractivity contribution in [2.45, 2.75) is 50.5 Å². The van der Waals surface area contributed by atoms with Crippen LogP contribution in [0.3, 0.4) is 0 Å². The maximum atomic E-state index is 12.3. The molecule has 2 N–H and O–H groups in total. The summed E-state index contributed by atoms with van der Waals surface area (Å²) in [5.41, 5.74) is 2.11. The number of carboxylic acids is 1. The van der Waals surface area contributed by atoms with E-state index in [2.05, 4.69) is 5.32 Å². The smallest absolute Gasteiger partial charge is 0.329 e. The molecule has 20 heavy (non-hydrogen) atoms. The molecule has 1 aromatic carbocycles. The van der Waals surface area contributed by atoms with E-state index in [1.807, 2.05) is 18.2 Å². The van der Waals surface area contributed by atoms with Gasteiger partial charge in [0.1, 0.15) is 5.54 Å². The Hall–Kier alpha value is -1.84. The number of nitrogens with one attached hydrogen (secondary N) is 1. The molecule has 1 amide bonds. The lowest BCUT2D eigenvalue weighted by Gasteiger charge is -2.38. The number of benzene rings is 1. The molecule has 3 rings (SSSR count). The van der Waals surface area contributed by atoms with Gasteiger partial charge in [-0.15, -0.1) is 0 Å². The van der Waals surface area contributed by atoms with Gasteiger partial charge in [-0.3, -0.25) is 4.79 Å². The standard InChI is InChI=1S/C16H19NO3/c18-14(17-16(15(19)20)8-3-9-16)13-7-6-11-4-1-2-5-12(11)10-13/h6-7,10H,1-5,8-9H2,(H,17,18)(H,19,20). The van der Waals surface area contributed by atoms with E-state index >= 15 is 0 Å². The predicted molar refractivity (Wildman–Crippen MR) is 74.8 cm³/mol. The van der Waals surface area contributed by atoms with Crippen LogP contribution in [-0.4, -0.2) is 22.5 Å². The molecule has 0 unspecified atom stereocenters. The Morgan fingerprint density at radius 3 is 2.35 bits per heavy atom. The minimum atomic E-state index is -1.03. The highest BCUT2D eigenvalue weighted by Gasteiger charge is 2.45. The van der Waals surface area contributed by atoms with Gasteiger partial charge in [0.05, 0.1) is 0 Å². The molecule has 0 saturated heterocycles. The lowest BCUT2D eigenvalue weighted by Crippen LogP contribution is -2.59. The van der Waals surface area contributed by atoms with Crippen LogP contribution in [0.4, 0.5) is 0 Å². The van der Waals surface area contributed by atoms with Crippen LogP contribution in [0.15, 0.2) is 18.2 Å². The number of aryl methyl sites for hydroxylation is 2. The van der Waals surface area contributed by atoms with Crippen molar-refractivity contribution in [2.24, 2.45) is 0 Å². The van der Waals surface area contributed by atoms with Crippen LogP contribution in [0.25, 0.3) is 0 Å². The minimum Gasteiger partial charge on any atom is -0.480 e. The molecule has 1 saturated carbocycles. The van der Waals surface area contributed by atoms with Crippen molar-refractivity contribution in [3.8, 4) is 0 Å². The van der Waals surface area contributed by atoms with E-state index in [1.165, 1.54) is 17.5 Å². The Labute approximate surface area is 118 Å². The number of carboxylic acid groups (broad SMARTS) is 1. The molecule has 0 atom stereocenters. The van der Waals surface area contributed by atoms with Crippen LogP contribution < -0.4 is 5.32 Å². The first-order valence-corrected chi connectivity index (χ1v) is 7.28. The number of carbonyl (C=O) groups excluding carboxylic acids is 1. The van der Waals surface area contributed by atoms with Crippen LogP contribution in [-0.2, 0) is 17.6 Å². The number of amides is 1. The van der Waals surface area contributed by atoms with Gasteiger partial charge in [0.2, 0.25) is 0 Å². The predicted octanol–water partition coefficient (Wildman–Crippen LogP) is 2.30. The second kappa shape index (κ2) is 4.93. The molecular weight excluding hydrogens is 254 g/mol. The topological polar surface area (TPSA) is 66.4 Å². The third kappa shape index (κ3) is 2.19. The maximum Gasteiger partial charge on any atom is 0.329 e. The molecule has 0 heterocycles. The lowest BCUT2D eigenvalue weighted by molar-refractivity contribution is -0.148. The van der Waals surface area contributed by atoms with Gasteiger partial charge in [-0.1, -0.05) is 6.07 Å². The first-order chi connectivity index (χ1) is 9.61. The zero-order valence-corrected chi connectivity index (χ0v) is 11.4. The summed E-state index contributed by atoms with van der Waals surface area (Å²) in [5, 5.41) is 12.0. The van der Waals surface area contributed by atoms with E-state index in [4.69, 9.17) is 0 Å². The molecule has 2 aliphatic rings. The average molecular weight is 273 g/mol. The Morgan fingerprint density at radius 2 is 1.75 bits per heavy atom. The summed E-state index contributed by atoms with van der Waals surface area (Å²) < 4.78 is 0. The molecule has 0 radical (unpaired) electrons. The first-order valence-electron chi connectivity index (χ1n) is 7.28. The maximum absolute atomic E-state index is 12.3. The summed E-state index contributed by atoms with van der Waals surface area (Å²) in [6.45, 7) is 0. The highest BCUT2D eigenvalue weighted by molar-refractivity contribution is 5.98. The monoisotopic (exact) mass is 273 g/mol. The molecule has 0 bridgehead atoms. The fraction of sp³-hybridized carbons (Fsp3) is 0.500. The van der Waals surface area contributed by atoms with Crippen molar-refractivity contribution < 1.29 is 14.7 Å². The van der Waals surface area contributed by atoms with Gasteiger partial charge < -0.3 is 10.4 Å². The van der Waals surface area contributed by atoms with Crippen LogP contribution >= 0.6 is 0 Å². The number of hydrogen-bond acceptors (Lipinski definition) is 2. The highest BCUT2D eigenvalue weighted by Crippen LogP contribution is 2.32. The average Bonchev–Trinajstić information content (AvgIpc) is 2.41. The van der Waals surface area contributed by atoms with E-state index in [0.717, 1.165) is 25.7 Å². The van der Waals surface area contributed by atoms with Gasteiger partial charge in [-0.2, -0.15) is 0 Å². The summed E-state index contributed by atoms with van der Waals surface area (Å²) in [6.07, 6.45) is 6.38. The van der Waals surface area contributed by atoms with E-state index in [0.29, 0.717) is 18.4 Å². The van der Waals surface area contributed by atoms with Gasteiger partial charge in [0.25, 0.3) is 5.91 Å². The number of aliphatic carboxylic acids is 1. The first kappa shape index (κ1) is 13.2. The van der Waals surface area contributed by atoms with Crippen molar-refractivity contribution in [3.05, 3.63) is 34.9 Å². The van der Waals surface area contributed by atoms with Crippen molar-refractivity contribution in [1.82, 2.24) is 5.32 Å². The van der Waals surface area contributed by atoms with Crippen molar-refractivity contribution in [2.75, 3.05) is 0 Å². The summed E-state index contributed by atoms with van der Waals surface area (Å²) in [6, 6.07) is 5.75. The summed E-state index contributed by atoms with van der Waals surface area (Å²) in [4.78, 5) is 23.6. The molecule has 1 aromatic rings. The van der Waals surface area contributed by atoms with Crippen LogP contribution in [0.2, 0.25) is 0 Å². The van der Waals surface area contributed by atoms with Crippen LogP contribution in [0, 0.1) is 0 Å². The normalized spacial score (nSPS) is 19.6. The minimum absolute atomic E-state index is 0.263. The Morgan fingerprint density at radius 1 is 1.05 bits per heavy atom. The van der Waals surface area contributed by atoms with E-state index in [9.17, 15) is 14.7 Å². The zero-order chi connectivity index (χ0) is 14.2. The SMILES string of the molecule is O=C(NC1(C(=O)O)CCC1)c1ccc2c(c1)CCCC2. The molecule has 106 valence electrons. The van der Waals surface area contributed by atoms with Gasteiger partial charge in [-0.05, 0) is 68.2 Å². The number of carbonyl (C=O) groups is 2. The van der Waals surface area contributed by atoms with Crippen LogP contribution in [0.5, 0.6) is 0 Å². The Balaban J connectivity index is 1.79. The molecule has 0 aromatic heterocycles.